The number of rotatable bonds is 7. The Morgan fingerprint density at radius 3 is 2.36 bits per heavy atom. The highest BCUT2D eigenvalue weighted by atomic mass is 35.5. The van der Waals surface area contributed by atoms with E-state index in [-0.39, 0.29) is 5.56 Å². The number of nitrogens with one attached hydrogen (secondary N) is 1. The van der Waals surface area contributed by atoms with Gasteiger partial charge in [0, 0.05) is 0 Å². The van der Waals surface area contributed by atoms with Crippen LogP contribution in [0.1, 0.15) is 29.8 Å². The van der Waals surface area contributed by atoms with Gasteiger partial charge in [-0.15, -0.1) is 0 Å². The van der Waals surface area contributed by atoms with Crippen LogP contribution in [0.4, 0.5) is 5.69 Å². The summed E-state index contributed by atoms with van der Waals surface area (Å²) in [6, 6.07) is 9.67. The van der Waals surface area contributed by atoms with Crippen molar-refractivity contribution in [3.8, 4) is 5.75 Å². The molecule has 2 aromatic rings. The van der Waals surface area contributed by atoms with Gasteiger partial charge in [0.1, 0.15) is 0 Å². The van der Waals surface area contributed by atoms with Crippen LogP contribution in [0.2, 0.25) is 10.0 Å². The Morgan fingerprint density at radius 1 is 1.24 bits per heavy atom. The van der Waals surface area contributed by atoms with Crippen LogP contribution in [0, 0.1) is 5.92 Å². The molecule has 0 unspecified atom stereocenters. The van der Waals surface area contributed by atoms with Crippen LogP contribution in [0.3, 0.4) is 0 Å². The van der Waals surface area contributed by atoms with Crippen LogP contribution in [0.15, 0.2) is 41.5 Å². The minimum absolute atomic E-state index is 0.213. The zero-order valence-electron chi connectivity index (χ0n) is 13.8. The molecule has 0 aromatic heterocycles. The number of benzene rings is 2. The summed E-state index contributed by atoms with van der Waals surface area (Å²) in [4.78, 5) is 10.8. The van der Waals surface area contributed by atoms with Gasteiger partial charge < -0.3 is 9.84 Å². The fourth-order valence-corrected chi connectivity index (χ4v) is 2.52. The molecule has 2 rings (SSSR count). The third kappa shape index (κ3) is 5.66. The molecule has 7 heteroatoms. The molecule has 0 radical (unpaired) electrons. The van der Waals surface area contributed by atoms with Crippen molar-refractivity contribution in [3.05, 3.63) is 57.6 Å². The summed E-state index contributed by atoms with van der Waals surface area (Å²) >= 11 is 12.4. The lowest BCUT2D eigenvalue weighted by atomic mass is 10.2. The molecule has 25 heavy (non-hydrogen) atoms. The van der Waals surface area contributed by atoms with Crippen LogP contribution in [0.25, 0.3) is 0 Å². The minimum Gasteiger partial charge on any atom is -0.490 e. The van der Waals surface area contributed by atoms with Gasteiger partial charge >= 0.3 is 5.97 Å². The van der Waals surface area contributed by atoms with E-state index in [1.54, 1.807) is 30.5 Å². The molecule has 132 valence electrons. The van der Waals surface area contributed by atoms with Gasteiger partial charge in [-0.2, -0.15) is 5.10 Å². The van der Waals surface area contributed by atoms with E-state index in [1.807, 2.05) is 13.8 Å². The van der Waals surface area contributed by atoms with Crippen molar-refractivity contribution in [1.29, 1.82) is 0 Å². The molecular formula is C18H18Cl2N2O3. The monoisotopic (exact) mass is 380 g/mol. The Hall–Kier alpha value is -2.24. The highest BCUT2D eigenvalue weighted by Crippen LogP contribution is 2.34. The van der Waals surface area contributed by atoms with Crippen LogP contribution < -0.4 is 10.2 Å². The van der Waals surface area contributed by atoms with Crippen LogP contribution in [-0.4, -0.2) is 23.9 Å². The molecule has 5 nitrogen and oxygen atoms in total. The second kappa shape index (κ2) is 8.74. The number of halogens is 2. The number of hydrogen-bond donors (Lipinski definition) is 2. The number of carboxylic acids is 1. The standard InChI is InChI=1S/C18H18Cl2N2O3/c1-11(2)10-25-17-15(19)7-12(8-16(17)20)9-21-22-14-5-3-13(4-6-14)18(23)24/h3-9,11,22H,10H2,1-2H3,(H,23,24). The number of anilines is 1. The normalized spacial score (nSPS) is 11.1. The summed E-state index contributed by atoms with van der Waals surface area (Å²) in [5.74, 6) is -0.143. The molecule has 0 saturated carbocycles. The average Bonchev–Trinajstić information content (AvgIpc) is 2.54. The van der Waals surface area contributed by atoms with Crippen molar-refractivity contribution in [1.82, 2.24) is 0 Å². The van der Waals surface area contributed by atoms with Gasteiger partial charge in [0.05, 0.1) is 34.1 Å². The van der Waals surface area contributed by atoms with Crippen LogP contribution in [-0.2, 0) is 0 Å². The van der Waals surface area contributed by atoms with E-state index in [0.717, 1.165) is 0 Å². The summed E-state index contributed by atoms with van der Waals surface area (Å²) < 4.78 is 5.62. The molecule has 0 fully saturated rings. The number of aromatic carboxylic acids is 1. The average molecular weight is 381 g/mol. The Bertz CT molecular complexity index is 751. The van der Waals surface area contributed by atoms with Gasteiger partial charge in [0.25, 0.3) is 0 Å². The molecule has 0 atom stereocenters. The van der Waals surface area contributed by atoms with Crippen LogP contribution >= 0.6 is 23.2 Å². The van der Waals surface area contributed by atoms with E-state index in [9.17, 15) is 4.79 Å². The van der Waals surface area contributed by atoms with E-state index in [0.29, 0.717) is 39.6 Å². The van der Waals surface area contributed by atoms with E-state index in [2.05, 4.69) is 10.5 Å². The lowest BCUT2D eigenvalue weighted by Gasteiger charge is -2.12. The van der Waals surface area contributed by atoms with Crippen molar-refractivity contribution in [3.63, 3.8) is 0 Å². The fourth-order valence-electron chi connectivity index (χ4n) is 1.91. The maximum Gasteiger partial charge on any atom is 0.335 e. The van der Waals surface area contributed by atoms with Crippen LogP contribution in [0.5, 0.6) is 5.75 Å². The Kier molecular flexibility index (Phi) is 6.67. The minimum atomic E-state index is -0.973. The number of carbonyl (C=O) groups is 1. The SMILES string of the molecule is CC(C)COc1c(Cl)cc(C=NNc2ccc(C(=O)O)cc2)cc1Cl. The fraction of sp³-hybridized carbons (Fsp3) is 0.222. The lowest BCUT2D eigenvalue weighted by Crippen LogP contribution is -2.05. The molecule has 0 aliphatic rings. The molecular weight excluding hydrogens is 363 g/mol. The Labute approximate surface area is 156 Å². The number of ether oxygens (including phenoxy) is 1. The highest BCUT2D eigenvalue weighted by molar-refractivity contribution is 6.37. The van der Waals surface area contributed by atoms with E-state index in [1.165, 1.54) is 12.1 Å². The second-order valence-corrected chi connectivity index (χ2v) is 6.59. The largest absolute Gasteiger partial charge is 0.490 e. The molecule has 0 aliphatic carbocycles. The second-order valence-electron chi connectivity index (χ2n) is 5.77. The zero-order chi connectivity index (χ0) is 18.4. The zero-order valence-corrected chi connectivity index (χ0v) is 15.3. The maximum absolute atomic E-state index is 10.8. The van der Waals surface area contributed by atoms with E-state index < -0.39 is 5.97 Å². The highest BCUT2D eigenvalue weighted by Gasteiger charge is 2.10. The molecule has 0 amide bonds. The number of hydrazone groups is 1. The first-order valence-corrected chi connectivity index (χ1v) is 8.36. The molecule has 0 saturated heterocycles. The summed E-state index contributed by atoms with van der Waals surface area (Å²) in [5, 5.41) is 13.8. The first kappa shape index (κ1) is 19.1. The van der Waals surface area contributed by atoms with E-state index in [4.69, 9.17) is 33.0 Å². The van der Waals surface area contributed by atoms with Gasteiger partial charge in [0.2, 0.25) is 0 Å². The molecule has 0 heterocycles. The maximum atomic E-state index is 10.8. The number of hydrogen-bond acceptors (Lipinski definition) is 4. The predicted molar refractivity (Wildman–Crippen MR) is 101 cm³/mol. The third-order valence-electron chi connectivity index (χ3n) is 3.12. The first-order valence-electron chi connectivity index (χ1n) is 7.61. The molecule has 0 bridgehead atoms. The van der Waals surface area contributed by atoms with Crippen molar-refractivity contribution >= 4 is 41.1 Å². The first-order chi connectivity index (χ1) is 11.9. The molecule has 2 aromatic carbocycles. The van der Waals surface area contributed by atoms with Gasteiger partial charge in [-0.1, -0.05) is 37.0 Å². The summed E-state index contributed by atoms with van der Waals surface area (Å²) in [6.07, 6.45) is 1.56. The summed E-state index contributed by atoms with van der Waals surface area (Å²) in [7, 11) is 0. The quantitative estimate of drug-likeness (QED) is 0.513. The summed E-state index contributed by atoms with van der Waals surface area (Å²) in [5.41, 5.74) is 4.40. The third-order valence-corrected chi connectivity index (χ3v) is 3.68. The summed E-state index contributed by atoms with van der Waals surface area (Å²) in [6.45, 7) is 4.61. The molecule has 0 spiro atoms. The van der Waals surface area contributed by atoms with Gasteiger partial charge in [-0.25, -0.2) is 4.79 Å². The van der Waals surface area contributed by atoms with Crippen molar-refractivity contribution in [2.24, 2.45) is 11.0 Å². The topological polar surface area (TPSA) is 70.9 Å². The van der Waals surface area contributed by atoms with Gasteiger partial charge in [0.15, 0.2) is 5.75 Å². The van der Waals surface area contributed by atoms with Crippen molar-refractivity contribution in [2.45, 2.75) is 13.8 Å². The molecule has 2 N–H and O–H groups in total. The predicted octanol–water partition coefficient (Wildman–Crippen LogP) is 5.17. The lowest BCUT2D eigenvalue weighted by molar-refractivity contribution is 0.0697. The van der Waals surface area contributed by atoms with Gasteiger partial charge in [-0.3, -0.25) is 5.43 Å². The number of carboxylic acid groups (broad SMARTS) is 1. The molecule has 0 aliphatic heterocycles. The smallest absolute Gasteiger partial charge is 0.335 e. The van der Waals surface area contributed by atoms with Gasteiger partial charge in [-0.05, 0) is 47.9 Å². The number of nitrogens with zero attached hydrogens (tertiary/aromatic N) is 1. The Morgan fingerprint density at radius 2 is 1.84 bits per heavy atom. The Balaban J connectivity index is 2.04. The van der Waals surface area contributed by atoms with E-state index >= 15 is 0 Å². The van der Waals surface area contributed by atoms with Crippen molar-refractivity contribution in [2.75, 3.05) is 12.0 Å². The van der Waals surface area contributed by atoms with Crippen molar-refractivity contribution < 1.29 is 14.6 Å².